The molecule has 150 valence electrons. The summed E-state index contributed by atoms with van der Waals surface area (Å²) in [5.41, 5.74) is 2.03. The van der Waals surface area contributed by atoms with Gasteiger partial charge in [-0.05, 0) is 37.6 Å². The molecular weight excluding hydrogens is 368 g/mol. The third kappa shape index (κ3) is 3.33. The van der Waals surface area contributed by atoms with E-state index in [1.165, 1.54) is 0 Å². The van der Waals surface area contributed by atoms with Gasteiger partial charge in [0.2, 0.25) is 5.62 Å². The monoisotopic (exact) mass is 392 g/mol. The van der Waals surface area contributed by atoms with Crippen LogP contribution in [0.2, 0.25) is 0 Å². The molecule has 7 heteroatoms. The van der Waals surface area contributed by atoms with Gasteiger partial charge in [0.1, 0.15) is 11.3 Å². The zero-order chi connectivity index (χ0) is 20.5. The number of H-pyrrole nitrogens is 1. The third-order valence-electron chi connectivity index (χ3n) is 5.36. The molecule has 3 unspecified atom stereocenters. The van der Waals surface area contributed by atoms with Gasteiger partial charge in [-0.2, -0.15) is 0 Å². The number of aryl methyl sites for hydroxylation is 1. The minimum Gasteiger partial charge on any atom is -0.466 e. The highest BCUT2D eigenvalue weighted by Gasteiger charge is 2.40. The number of hydrogen-bond donors (Lipinski definition) is 1. The Balaban J connectivity index is 1.95. The molecule has 3 atom stereocenters. The van der Waals surface area contributed by atoms with Crippen molar-refractivity contribution in [2.45, 2.75) is 25.9 Å². The molecule has 7 nitrogen and oxygen atoms in total. The second kappa shape index (κ2) is 7.58. The largest absolute Gasteiger partial charge is 0.466 e. The predicted octanol–water partition coefficient (Wildman–Crippen LogP) is 1.13. The summed E-state index contributed by atoms with van der Waals surface area (Å²) >= 11 is 0. The van der Waals surface area contributed by atoms with E-state index >= 15 is 0 Å². The number of carbonyl (C=O) groups excluding carboxylic acids is 1. The fourth-order valence-corrected chi connectivity index (χ4v) is 3.95. The number of aromatic amines is 1. The second-order valence-corrected chi connectivity index (χ2v) is 7.23. The normalized spacial score (nSPS) is 21.5. The van der Waals surface area contributed by atoms with Gasteiger partial charge in [0, 0.05) is 18.9 Å². The van der Waals surface area contributed by atoms with Gasteiger partial charge < -0.3 is 14.3 Å². The Kier molecular flexibility index (Phi) is 4.96. The number of carbonyl (C=O) groups is 1. The van der Waals surface area contributed by atoms with Gasteiger partial charge in [0.05, 0.1) is 18.7 Å². The summed E-state index contributed by atoms with van der Waals surface area (Å²) in [6, 6.07) is 12.6. The number of imidazole rings is 1. The van der Waals surface area contributed by atoms with Gasteiger partial charge in [0.25, 0.3) is 5.56 Å². The molecule has 0 aliphatic carbocycles. The van der Waals surface area contributed by atoms with E-state index in [0.717, 1.165) is 11.3 Å². The van der Waals surface area contributed by atoms with E-state index in [0.29, 0.717) is 11.0 Å². The molecule has 1 N–H and O–H groups in total. The number of esters is 1. The number of nitrogens with zero attached hydrogens (tertiary/aromatic N) is 3. The molecule has 3 aromatic rings. The number of ether oxygens (including phenoxy) is 1. The fourth-order valence-electron chi connectivity index (χ4n) is 3.95. The predicted molar refractivity (Wildman–Crippen MR) is 109 cm³/mol. The second-order valence-electron chi connectivity index (χ2n) is 7.23. The van der Waals surface area contributed by atoms with E-state index in [1.54, 1.807) is 17.6 Å². The fraction of sp³-hybridized carbons (Fsp3) is 0.318. The average molecular weight is 392 g/mol. The number of hydrogen-bond acceptors (Lipinski definition) is 4. The maximum atomic E-state index is 13.3. The first kappa shape index (κ1) is 19.0. The number of benzene rings is 1. The van der Waals surface area contributed by atoms with Gasteiger partial charge in [-0.15, -0.1) is 0 Å². The van der Waals surface area contributed by atoms with Crippen LogP contribution in [0.3, 0.4) is 0 Å². The standard InChI is InChI=1S/C22H24N4O3/c1-4-29-21(28)18-14(2)23-22-24-17(13-16-11-8-12-25(16)3)20(27)26(22)19(18)15-9-6-5-7-10-15/h5-14,18-19H,4H2,1-3H3,(H,23,24)/b17-13-. The lowest BCUT2D eigenvalue weighted by Gasteiger charge is -2.32. The van der Waals surface area contributed by atoms with Crippen LogP contribution in [0.15, 0.2) is 58.4 Å². The summed E-state index contributed by atoms with van der Waals surface area (Å²) in [6.07, 6.45) is 3.72. The first-order valence-electron chi connectivity index (χ1n) is 9.74. The Hall–Kier alpha value is -3.35. The summed E-state index contributed by atoms with van der Waals surface area (Å²) in [5.74, 6) is -0.925. The molecule has 1 aliphatic rings. The van der Waals surface area contributed by atoms with Crippen LogP contribution in [-0.2, 0) is 16.6 Å². The van der Waals surface area contributed by atoms with Gasteiger partial charge in [-0.25, -0.2) is 4.99 Å². The highest BCUT2D eigenvalue weighted by atomic mass is 16.5. The molecule has 0 spiro atoms. The van der Waals surface area contributed by atoms with E-state index < -0.39 is 12.0 Å². The smallest absolute Gasteiger partial charge is 0.313 e. The maximum Gasteiger partial charge on any atom is 0.313 e. The van der Waals surface area contributed by atoms with Crippen molar-refractivity contribution in [3.8, 4) is 0 Å². The maximum absolute atomic E-state index is 13.3. The van der Waals surface area contributed by atoms with Crippen molar-refractivity contribution in [1.29, 1.82) is 0 Å². The van der Waals surface area contributed by atoms with Crippen LogP contribution in [0.1, 0.15) is 31.1 Å². The molecule has 0 saturated carbocycles. The molecule has 2 aromatic heterocycles. The number of rotatable bonds is 4. The average Bonchev–Trinajstić information content (AvgIpc) is 3.25. The molecule has 0 radical (unpaired) electrons. The lowest BCUT2D eigenvalue weighted by molar-refractivity contribution is -0.150. The van der Waals surface area contributed by atoms with Crippen LogP contribution >= 0.6 is 0 Å². The number of nitrogens with one attached hydrogen (secondary N) is 1. The van der Waals surface area contributed by atoms with E-state index in [-0.39, 0.29) is 24.2 Å². The molecule has 4 rings (SSSR count). The third-order valence-corrected chi connectivity index (χ3v) is 5.36. The topological polar surface area (TPSA) is 81.4 Å². The highest BCUT2D eigenvalue weighted by Crippen LogP contribution is 2.31. The van der Waals surface area contributed by atoms with Crippen LogP contribution in [0.25, 0.3) is 6.08 Å². The Morgan fingerprint density at radius 3 is 2.66 bits per heavy atom. The molecular formula is C22H24N4O3. The summed E-state index contributed by atoms with van der Waals surface area (Å²) < 4.78 is 8.85. The van der Waals surface area contributed by atoms with Gasteiger partial charge in [-0.1, -0.05) is 30.3 Å². The highest BCUT2D eigenvalue weighted by molar-refractivity contribution is 5.75. The van der Waals surface area contributed by atoms with Crippen LogP contribution in [-0.4, -0.2) is 32.7 Å². The van der Waals surface area contributed by atoms with Gasteiger partial charge in [-0.3, -0.25) is 14.2 Å². The quantitative estimate of drug-likeness (QED) is 0.676. The Morgan fingerprint density at radius 1 is 1.24 bits per heavy atom. The van der Waals surface area contributed by atoms with Crippen molar-refractivity contribution >= 4 is 12.0 Å². The minimum absolute atomic E-state index is 0.208. The zero-order valence-electron chi connectivity index (χ0n) is 16.7. The zero-order valence-corrected chi connectivity index (χ0v) is 16.7. The molecule has 0 bridgehead atoms. The first-order chi connectivity index (χ1) is 14.0. The molecule has 3 heterocycles. The van der Waals surface area contributed by atoms with Crippen molar-refractivity contribution in [3.05, 3.63) is 81.2 Å². The van der Waals surface area contributed by atoms with Crippen LogP contribution < -0.4 is 16.5 Å². The first-order valence-corrected chi connectivity index (χ1v) is 9.74. The lowest BCUT2D eigenvalue weighted by atomic mass is 9.86. The summed E-state index contributed by atoms with van der Waals surface area (Å²) in [7, 11) is 1.92. The van der Waals surface area contributed by atoms with Crippen molar-refractivity contribution < 1.29 is 9.53 Å². The van der Waals surface area contributed by atoms with Crippen LogP contribution in [0.5, 0.6) is 0 Å². The number of aromatic nitrogens is 3. The van der Waals surface area contributed by atoms with E-state index in [2.05, 4.69) is 9.98 Å². The molecule has 0 fully saturated rings. The Labute approximate surface area is 168 Å². The molecule has 1 aromatic carbocycles. The Morgan fingerprint density at radius 2 is 2.00 bits per heavy atom. The minimum atomic E-state index is -0.582. The van der Waals surface area contributed by atoms with E-state index in [1.807, 2.05) is 67.2 Å². The summed E-state index contributed by atoms with van der Waals surface area (Å²) in [6.45, 7) is 3.94. The van der Waals surface area contributed by atoms with Gasteiger partial charge in [0.15, 0.2) is 0 Å². The lowest BCUT2D eigenvalue weighted by Crippen LogP contribution is -2.48. The van der Waals surface area contributed by atoms with Crippen LogP contribution in [0, 0.1) is 5.92 Å². The van der Waals surface area contributed by atoms with Gasteiger partial charge >= 0.3 is 5.97 Å². The van der Waals surface area contributed by atoms with E-state index in [4.69, 9.17) is 4.74 Å². The van der Waals surface area contributed by atoms with E-state index in [9.17, 15) is 9.59 Å². The van der Waals surface area contributed by atoms with Crippen molar-refractivity contribution in [3.63, 3.8) is 0 Å². The molecule has 0 saturated heterocycles. The Bertz CT molecular complexity index is 1200. The summed E-state index contributed by atoms with van der Waals surface area (Å²) in [5, 5.41) is 0.434. The molecule has 29 heavy (non-hydrogen) atoms. The molecule has 0 amide bonds. The molecule has 1 aliphatic heterocycles. The summed E-state index contributed by atoms with van der Waals surface area (Å²) in [4.78, 5) is 33.9. The number of fused-ring (bicyclic) bond motifs is 1. The SMILES string of the molecule is CCOC(=O)C1C(C)N=c2[nH]/c(=C\c3cccn3C)c(=O)n2C1c1ccccc1. The van der Waals surface area contributed by atoms with Crippen LogP contribution in [0.4, 0.5) is 0 Å². The van der Waals surface area contributed by atoms with Crippen molar-refractivity contribution in [2.24, 2.45) is 18.0 Å². The van der Waals surface area contributed by atoms with Crippen molar-refractivity contribution in [1.82, 2.24) is 14.1 Å². The van der Waals surface area contributed by atoms with Crippen molar-refractivity contribution in [2.75, 3.05) is 6.61 Å².